The molecule has 1 atom stereocenters. The predicted molar refractivity (Wildman–Crippen MR) is 101 cm³/mol. The Labute approximate surface area is 152 Å². The number of esters is 1. The average Bonchev–Trinajstić information content (AvgIpc) is 2.81. The van der Waals surface area contributed by atoms with Crippen molar-refractivity contribution in [3.8, 4) is 0 Å². The molecule has 0 aliphatic carbocycles. The van der Waals surface area contributed by atoms with Crippen LogP contribution in [0.15, 0.2) is 0 Å². The van der Waals surface area contributed by atoms with Crippen LogP contribution in [-0.4, -0.2) is 55.0 Å². The van der Waals surface area contributed by atoms with Crippen LogP contribution >= 0.6 is 0 Å². The molecule has 2 rings (SSSR count). The first-order chi connectivity index (χ1) is 11.5. The third kappa shape index (κ3) is 4.32. The van der Waals surface area contributed by atoms with Crippen LogP contribution in [-0.2, 0) is 29.2 Å². The molecule has 25 heavy (non-hydrogen) atoms. The van der Waals surface area contributed by atoms with Gasteiger partial charge in [0.25, 0.3) is 0 Å². The highest BCUT2D eigenvalue weighted by Crippen LogP contribution is 2.37. The first-order valence-electron chi connectivity index (χ1n) is 8.99. The van der Waals surface area contributed by atoms with E-state index in [4.69, 9.17) is 9.16 Å². The van der Waals surface area contributed by atoms with Crippen molar-refractivity contribution in [1.29, 1.82) is 0 Å². The van der Waals surface area contributed by atoms with E-state index in [1.165, 1.54) is 7.11 Å². The summed E-state index contributed by atoms with van der Waals surface area (Å²) in [6, 6.07) is 0. The van der Waals surface area contributed by atoms with Gasteiger partial charge in [0.2, 0.25) is 5.82 Å². The van der Waals surface area contributed by atoms with Gasteiger partial charge in [-0.2, -0.15) is 0 Å². The van der Waals surface area contributed by atoms with Gasteiger partial charge in [-0.25, -0.2) is 9.78 Å². The quantitative estimate of drug-likeness (QED) is 0.591. The zero-order chi connectivity index (χ0) is 19.0. The van der Waals surface area contributed by atoms with E-state index in [0.29, 0.717) is 5.82 Å². The zero-order valence-corrected chi connectivity index (χ0v) is 18.0. The summed E-state index contributed by atoms with van der Waals surface area (Å²) in [5.74, 6) is 0.0120. The summed E-state index contributed by atoms with van der Waals surface area (Å²) in [5.41, 5.74) is 2.11. The summed E-state index contributed by atoms with van der Waals surface area (Å²) < 4.78 is 13.2. The van der Waals surface area contributed by atoms with Gasteiger partial charge in [0.1, 0.15) is 0 Å². The van der Waals surface area contributed by atoms with E-state index in [1.54, 1.807) is 0 Å². The minimum atomic E-state index is -1.76. The molecule has 0 saturated carbocycles. The Bertz CT molecular complexity index is 634. The molecule has 1 unspecified atom stereocenters. The van der Waals surface area contributed by atoms with Crippen molar-refractivity contribution in [3.05, 3.63) is 17.2 Å². The molecular formula is C18H33N3O3Si. The molecule has 1 aromatic rings. The second-order valence-corrected chi connectivity index (χ2v) is 13.3. The molecule has 0 aromatic carbocycles. The highest BCUT2D eigenvalue weighted by molar-refractivity contribution is 6.74. The van der Waals surface area contributed by atoms with Gasteiger partial charge < -0.3 is 13.7 Å². The maximum Gasteiger partial charge on any atom is 0.374 e. The molecule has 0 radical (unpaired) electrons. The minimum absolute atomic E-state index is 0.186. The van der Waals surface area contributed by atoms with E-state index in [9.17, 15) is 4.79 Å². The van der Waals surface area contributed by atoms with Crippen molar-refractivity contribution in [2.45, 2.75) is 64.9 Å². The Morgan fingerprint density at radius 2 is 2.00 bits per heavy atom. The highest BCUT2D eigenvalue weighted by Gasteiger charge is 2.38. The van der Waals surface area contributed by atoms with Crippen molar-refractivity contribution < 1.29 is 14.0 Å². The summed E-state index contributed by atoms with van der Waals surface area (Å²) in [7, 11) is 1.52. The molecule has 1 aliphatic heterocycles. The Morgan fingerprint density at radius 3 is 2.56 bits per heavy atom. The van der Waals surface area contributed by atoms with Crippen molar-refractivity contribution in [2.75, 3.05) is 20.2 Å². The number of imidazole rings is 1. The fourth-order valence-electron chi connectivity index (χ4n) is 3.09. The van der Waals surface area contributed by atoms with Crippen molar-refractivity contribution in [3.63, 3.8) is 0 Å². The number of aromatic nitrogens is 2. The fourth-order valence-corrected chi connectivity index (χ4v) is 4.53. The summed E-state index contributed by atoms with van der Waals surface area (Å²) in [5, 5.41) is 0.215. The molecule has 2 heterocycles. The number of hydrogen-bond donors (Lipinski definition) is 0. The predicted octanol–water partition coefficient (Wildman–Crippen LogP) is 2.98. The second kappa shape index (κ2) is 7.21. The second-order valence-electron chi connectivity index (χ2n) is 8.55. The first-order valence-corrected chi connectivity index (χ1v) is 11.9. The van der Waals surface area contributed by atoms with Crippen LogP contribution in [0.4, 0.5) is 0 Å². The van der Waals surface area contributed by atoms with Gasteiger partial charge >= 0.3 is 5.97 Å². The molecule has 0 saturated heterocycles. The molecule has 0 spiro atoms. The molecule has 7 heteroatoms. The largest absolute Gasteiger partial charge is 0.463 e. The summed E-state index contributed by atoms with van der Waals surface area (Å²) in [6.07, 6.45) is 1.08. The maximum absolute atomic E-state index is 11.8. The topological polar surface area (TPSA) is 56.6 Å². The van der Waals surface area contributed by atoms with Gasteiger partial charge in [-0.1, -0.05) is 20.8 Å². The number of nitrogens with zero attached hydrogens (tertiary/aromatic N) is 3. The fraction of sp³-hybridized carbons (Fsp3) is 0.778. The van der Waals surface area contributed by atoms with Crippen molar-refractivity contribution >= 4 is 14.3 Å². The van der Waals surface area contributed by atoms with Gasteiger partial charge in [-0.05, 0) is 25.1 Å². The lowest BCUT2D eigenvalue weighted by Crippen LogP contribution is -2.46. The molecule has 6 nitrogen and oxygen atoms in total. The molecule has 1 aliphatic rings. The summed E-state index contributed by atoms with van der Waals surface area (Å²) in [6.45, 7) is 16.1. The third-order valence-corrected chi connectivity index (χ3v) is 10.1. The highest BCUT2D eigenvalue weighted by atomic mass is 28.4. The summed E-state index contributed by atoms with van der Waals surface area (Å²) >= 11 is 0. The van der Waals surface area contributed by atoms with Crippen LogP contribution in [0.5, 0.6) is 0 Å². The molecule has 1 aromatic heterocycles. The molecule has 0 fully saturated rings. The standard InChI is InChI=1S/C18H33N3O3Si/c1-13(24-25(7,8)18(2,3)4)11-21-10-9-15-14(12-21)19-16(20(15)5)17(22)23-6/h13H,9-12H2,1-8H3. The van der Waals surface area contributed by atoms with Crippen molar-refractivity contribution in [2.24, 2.45) is 7.05 Å². The first kappa shape index (κ1) is 20.1. The Balaban J connectivity index is 2.02. The van der Waals surface area contributed by atoms with Crippen LogP contribution in [0.1, 0.15) is 49.7 Å². The van der Waals surface area contributed by atoms with Gasteiger partial charge in [0.05, 0.1) is 18.9 Å². The van der Waals surface area contributed by atoms with Crippen LogP contribution < -0.4 is 0 Å². The number of methoxy groups -OCH3 is 1. The SMILES string of the molecule is COC(=O)c1nc2c(n1C)CCN(CC(C)O[Si](C)(C)C(C)(C)C)C2. The molecule has 0 amide bonds. The lowest BCUT2D eigenvalue weighted by Gasteiger charge is -2.40. The number of fused-ring (bicyclic) bond motifs is 1. The van der Waals surface area contributed by atoms with E-state index in [2.05, 4.69) is 50.7 Å². The molecule has 0 N–H and O–H groups in total. The molecule has 142 valence electrons. The van der Waals surface area contributed by atoms with E-state index < -0.39 is 8.32 Å². The van der Waals surface area contributed by atoms with E-state index in [1.807, 2.05) is 11.6 Å². The van der Waals surface area contributed by atoms with Crippen molar-refractivity contribution in [1.82, 2.24) is 14.5 Å². The summed E-state index contributed by atoms with van der Waals surface area (Å²) in [4.78, 5) is 18.7. The van der Waals surface area contributed by atoms with Gasteiger partial charge in [0.15, 0.2) is 8.32 Å². The lowest BCUT2D eigenvalue weighted by molar-refractivity contribution is 0.0582. The van der Waals surface area contributed by atoms with Crippen LogP contribution in [0.3, 0.4) is 0 Å². The van der Waals surface area contributed by atoms with Crippen LogP contribution in [0.25, 0.3) is 0 Å². The number of ether oxygens (including phenoxy) is 1. The van der Waals surface area contributed by atoms with E-state index >= 15 is 0 Å². The van der Waals surface area contributed by atoms with Crippen LogP contribution in [0.2, 0.25) is 18.1 Å². The monoisotopic (exact) mass is 367 g/mol. The number of hydrogen-bond acceptors (Lipinski definition) is 5. The zero-order valence-electron chi connectivity index (χ0n) is 17.0. The lowest BCUT2D eigenvalue weighted by atomic mass is 10.1. The Morgan fingerprint density at radius 1 is 1.36 bits per heavy atom. The van der Waals surface area contributed by atoms with Gasteiger partial charge in [-0.3, -0.25) is 4.90 Å². The Hall–Kier alpha value is -1.18. The van der Waals surface area contributed by atoms with Gasteiger partial charge in [0, 0.05) is 38.8 Å². The Kier molecular flexibility index (Phi) is 5.80. The molecule has 0 bridgehead atoms. The van der Waals surface area contributed by atoms with Gasteiger partial charge in [-0.15, -0.1) is 0 Å². The third-order valence-electron chi connectivity index (χ3n) is 5.52. The minimum Gasteiger partial charge on any atom is -0.463 e. The maximum atomic E-state index is 11.8. The smallest absolute Gasteiger partial charge is 0.374 e. The van der Waals surface area contributed by atoms with Crippen LogP contribution in [0, 0.1) is 0 Å². The van der Waals surface area contributed by atoms with E-state index in [0.717, 1.165) is 37.4 Å². The normalized spacial score (nSPS) is 17.3. The number of carbonyl (C=O) groups excluding carboxylic acids is 1. The number of rotatable bonds is 5. The average molecular weight is 368 g/mol. The number of carbonyl (C=O) groups is 1. The molecular weight excluding hydrogens is 334 g/mol. The van der Waals surface area contributed by atoms with E-state index in [-0.39, 0.29) is 17.1 Å².